The van der Waals surface area contributed by atoms with Crippen molar-refractivity contribution in [3.8, 4) is 11.3 Å². The van der Waals surface area contributed by atoms with Crippen LogP contribution in [0.25, 0.3) is 11.3 Å². The number of amides is 2. The van der Waals surface area contributed by atoms with Gasteiger partial charge in [0, 0.05) is 16.4 Å². The maximum absolute atomic E-state index is 13.0. The van der Waals surface area contributed by atoms with Crippen LogP contribution in [0.2, 0.25) is 0 Å². The van der Waals surface area contributed by atoms with E-state index >= 15 is 0 Å². The molecule has 4 aliphatic carbocycles. The van der Waals surface area contributed by atoms with E-state index in [4.69, 9.17) is 0 Å². The molecule has 4 saturated carbocycles. The van der Waals surface area contributed by atoms with Gasteiger partial charge in [-0.3, -0.25) is 9.59 Å². The lowest BCUT2D eigenvalue weighted by Gasteiger charge is -2.55. The zero-order valence-electron chi connectivity index (χ0n) is 17.7. The monoisotopic (exact) mass is 423 g/mol. The molecule has 2 N–H and O–H groups in total. The van der Waals surface area contributed by atoms with Crippen molar-refractivity contribution in [2.24, 2.45) is 23.2 Å². The van der Waals surface area contributed by atoms with Crippen LogP contribution < -0.4 is 10.6 Å². The Bertz CT molecular complexity index is 961. The highest BCUT2D eigenvalue weighted by Crippen LogP contribution is 2.60. The first kappa shape index (κ1) is 19.7. The van der Waals surface area contributed by atoms with Crippen molar-refractivity contribution in [3.05, 3.63) is 34.7 Å². The van der Waals surface area contributed by atoms with Gasteiger partial charge in [-0.1, -0.05) is 23.8 Å². The molecule has 6 heteroatoms. The average molecular weight is 424 g/mol. The Kier molecular flexibility index (Phi) is 4.92. The predicted octanol–water partition coefficient (Wildman–Crippen LogP) is 4.70. The molecule has 0 saturated heterocycles. The summed E-state index contributed by atoms with van der Waals surface area (Å²) in [5.74, 6) is 2.03. The van der Waals surface area contributed by atoms with Crippen molar-refractivity contribution in [2.75, 3.05) is 11.9 Å². The molecule has 6 rings (SSSR count). The van der Waals surface area contributed by atoms with Gasteiger partial charge in [-0.25, -0.2) is 4.98 Å². The van der Waals surface area contributed by atoms with Crippen molar-refractivity contribution in [1.29, 1.82) is 0 Å². The molecule has 2 amide bonds. The molecule has 2 aromatic rings. The normalized spacial score (nSPS) is 29.1. The molecule has 4 bridgehead atoms. The van der Waals surface area contributed by atoms with Gasteiger partial charge in [-0.05, 0) is 75.7 Å². The highest BCUT2D eigenvalue weighted by atomic mass is 32.1. The smallest absolute Gasteiger partial charge is 0.245 e. The van der Waals surface area contributed by atoms with E-state index in [2.05, 4.69) is 47.7 Å². The SMILES string of the molecule is Cc1ccc(-c2csc(NC(=O)CNC(=O)C34CC5CC(CC(C5)C3)C4)n2)c(C)c1. The van der Waals surface area contributed by atoms with E-state index < -0.39 is 0 Å². The number of nitrogens with one attached hydrogen (secondary N) is 2. The number of anilines is 1. The number of aromatic nitrogens is 1. The van der Waals surface area contributed by atoms with Gasteiger partial charge in [-0.2, -0.15) is 0 Å². The van der Waals surface area contributed by atoms with Gasteiger partial charge in [0.25, 0.3) is 0 Å². The summed E-state index contributed by atoms with van der Waals surface area (Å²) in [6, 6.07) is 6.27. The minimum atomic E-state index is -0.216. The number of hydrogen-bond acceptors (Lipinski definition) is 4. The van der Waals surface area contributed by atoms with Gasteiger partial charge in [-0.15, -0.1) is 11.3 Å². The first-order valence-corrected chi connectivity index (χ1v) is 11.9. The fourth-order valence-electron chi connectivity index (χ4n) is 6.46. The summed E-state index contributed by atoms with van der Waals surface area (Å²) in [6.45, 7) is 4.15. The molecule has 0 unspecified atom stereocenters. The van der Waals surface area contributed by atoms with Gasteiger partial charge >= 0.3 is 0 Å². The molecule has 0 spiro atoms. The van der Waals surface area contributed by atoms with Crippen molar-refractivity contribution in [3.63, 3.8) is 0 Å². The van der Waals surface area contributed by atoms with Gasteiger partial charge < -0.3 is 10.6 Å². The van der Waals surface area contributed by atoms with Crippen LogP contribution in [0.5, 0.6) is 0 Å². The maximum Gasteiger partial charge on any atom is 0.245 e. The van der Waals surface area contributed by atoms with Crippen molar-refractivity contribution in [2.45, 2.75) is 52.4 Å². The van der Waals surface area contributed by atoms with Crippen molar-refractivity contribution >= 4 is 28.3 Å². The Hall–Kier alpha value is -2.21. The topological polar surface area (TPSA) is 71.1 Å². The molecule has 0 aliphatic heterocycles. The van der Waals surface area contributed by atoms with Crippen molar-refractivity contribution in [1.82, 2.24) is 10.3 Å². The summed E-state index contributed by atoms with van der Waals surface area (Å²) >= 11 is 1.41. The van der Waals surface area contributed by atoms with Crippen LogP contribution in [0, 0.1) is 37.0 Å². The van der Waals surface area contributed by atoms with Crippen LogP contribution in [0.1, 0.15) is 49.7 Å². The average Bonchev–Trinajstić information content (AvgIpc) is 3.13. The van der Waals surface area contributed by atoms with Crippen LogP contribution in [-0.2, 0) is 9.59 Å². The number of rotatable bonds is 5. The number of thiazole rings is 1. The second-order valence-corrected chi connectivity index (χ2v) is 10.6. The zero-order valence-corrected chi connectivity index (χ0v) is 18.5. The first-order chi connectivity index (χ1) is 14.4. The minimum absolute atomic E-state index is 0.0130. The summed E-state index contributed by atoms with van der Waals surface area (Å²) in [4.78, 5) is 30.0. The highest BCUT2D eigenvalue weighted by molar-refractivity contribution is 7.14. The maximum atomic E-state index is 13.0. The zero-order chi connectivity index (χ0) is 20.9. The molecule has 0 atom stereocenters. The Balaban J connectivity index is 1.18. The standard InChI is InChI=1S/C24H29N3O2S/c1-14-3-4-19(15(2)5-14)20-13-30-23(26-20)27-21(28)12-25-22(29)24-9-16-6-17(10-24)8-18(7-16)11-24/h3-5,13,16-18H,6-12H2,1-2H3,(H,25,29)(H,26,27,28). The van der Waals surface area contributed by atoms with Gasteiger partial charge in [0.05, 0.1) is 12.2 Å². The number of hydrogen-bond donors (Lipinski definition) is 2. The van der Waals surface area contributed by atoms with E-state index in [0.717, 1.165) is 48.3 Å². The highest BCUT2D eigenvalue weighted by Gasteiger charge is 2.54. The van der Waals surface area contributed by atoms with Crippen LogP contribution in [0.3, 0.4) is 0 Å². The van der Waals surface area contributed by atoms with E-state index in [9.17, 15) is 9.59 Å². The lowest BCUT2D eigenvalue weighted by atomic mass is 9.49. The van der Waals surface area contributed by atoms with E-state index in [1.54, 1.807) is 0 Å². The Morgan fingerprint density at radius 1 is 1.10 bits per heavy atom. The number of carbonyl (C=O) groups is 2. The van der Waals surface area contributed by atoms with Gasteiger partial charge in [0.15, 0.2) is 5.13 Å². The van der Waals surface area contributed by atoms with Gasteiger partial charge in [0.2, 0.25) is 11.8 Å². The molecule has 1 heterocycles. The van der Waals surface area contributed by atoms with E-state index in [-0.39, 0.29) is 23.8 Å². The Labute approximate surface area is 181 Å². The quantitative estimate of drug-likeness (QED) is 0.732. The van der Waals surface area contributed by atoms with E-state index in [0.29, 0.717) is 5.13 Å². The first-order valence-electron chi connectivity index (χ1n) is 11.0. The summed E-state index contributed by atoms with van der Waals surface area (Å²) in [5, 5.41) is 8.31. The molecular weight excluding hydrogens is 394 g/mol. The van der Waals surface area contributed by atoms with Gasteiger partial charge in [0.1, 0.15) is 0 Å². The lowest BCUT2D eigenvalue weighted by Crippen LogP contribution is -2.54. The van der Waals surface area contributed by atoms with Crippen LogP contribution >= 0.6 is 11.3 Å². The fourth-order valence-corrected chi connectivity index (χ4v) is 7.18. The van der Waals surface area contributed by atoms with Crippen LogP contribution in [0.4, 0.5) is 5.13 Å². The van der Waals surface area contributed by atoms with Crippen molar-refractivity contribution < 1.29 is 9.59 Å². The summed E-state index contributed by atoms with van der Waals surface area (Å²) in [5.41, 5.74) is 4.11. The third-order valence-corrected chi connectivity index (χ3v) is 8.10. The molecular formula is C24H29N3O2S. The summed E-state index contributed by atoms with van der Waals surface area (Å²) in [6.07, 6.45) is 6.95. The largest absolute Gasteiger partial charge is 0.347 e. The molecule has 4 fully saturated rings. The molecule has 158 valence electrons. The molecule has 5 nitrogen and oxygen atoms in total. The Morgan fingerprint density at radius 3 is 2.40 bits per heavy atom. The molecule has 1 aromatic heterocycles. The third-order valence-electron chi connectivity index (χ3n) is 7.34. The number of aryl methyl sites for hydroxylation is 2. The number of carbonyl (C=O) groups excluding carboxylic acids is 2. The predicted molar refractivity (Wildman–Crippen MR) is 119 cm³/mol. The Morgan fingerprint density at radius 2 is 1.77 bits per heavy atom. The third kappa shape index (κ3) is 3.66. The number of nitrogens with zero attached hydrogens (tertiary/aromatic N) is 1. The number of benzene rings is 1. The molecule has 4 aliphatic rings. The lowest BCUT2D eigenvalue weighted by molar-refractivity contribution is -0.146. The minimum Gasteiger partial charge on any atom is -0.347 e. The summed E-state index contributed by atoms with van der Waals surface area (Å²) in [7, 11) is 0. The second-order valence-electron chi connectivity index (χ2n) is 9.79. The van der Waals surface area contributed by atoms with Crippen LogP contribution in [-0.4, -0.2) is 23.3 Å². The second kappa shape index (κ2) is 7.49. The molecule has 0 radical (unpaired) electrons. The fraction of sp³-hybridized carbons (Fsp3) is 0.542. The van der Waals surface area contributed by atoms with E-state index in [1.165, 1.54) is 41.7 Å². The van der Waals surface area contributed by atoms with Crippen LogP contribution in [0.15, 0.2) is 23.6 Å². The molecule has 1 aromatic carbocycles. The molecule has 30 heavy (non-hydrogen) atoms. The summed E-state index contributed by atoms with van der Waals surface area (Å²) < 4.78 is 0. The van der Waals surface area contributed by atoms with E-state index in [1.807, 2.05) is 5.38 Å².